The van der Waals surface area contributed by atoms with Crippen molar-refractivity contribution in [1.82, 2.24) is 9.80 Å². The van der Waals surface area contributed by atoms with Gasteiger partial charge in [-0.25, -0.2) is 0 Å². The lowest BCUT2D eigenvalue weighted by Crippen LogP contribution is -2.50. The summed E-state index contributed by atoms with van der Waals surface area (Å²) >= 11 is 0. The molecule has 0 spiro atoms. The van der Waals surface area contributed by atoms with Gasteiger partial charge in [0.25, 0.3) is 0 Å². The quantitative estimate of drug-likeness (QED) is 0.769. The smallest absolute Gasteiger partial charge is 0.0113 e. The number of hydrogen-bond acceptors (Lipinski definition) is 3. The van der Waals surface area contributed by atoms with E-state index in [9.17, 15) is 0 Å². The lowest BCUT2D eigenvalue weighted by Gasteiger charge is -2.38. The number of hydrogen-bond donors (Lipinski definition) is 1. The average Bonchev–Trinajstić information content (AvgIpc) is 2.36. The molecule has 1 heterocycles. The summed E-state index contributed by atoms with van der Waals surface area (Å²) in [5, 5.41) is 0. The van der Waals surface area contributed by atoms with Gasteiger partial charge in [-0.1, -0.05) is 20.8 Å². The third-order valence-electron chi connectivity index (χ3n) is 4.28. The van der Waals surface area contributed by atoms with Gasteiger partial charge >= 0.3 is 0 Å². The number of nitrogens with zero attached hydrogens (tertiary/aromatic N) is 2. The molecule has 1 aliphatic rings. The Morgan fingerprint density at radius 2 is 1.76 bits per heavy atom. The van der Waals surface area contributed by atoms with E-state index < -0.39 is 0 Å². The Bertz CT molecular complexity index is 208. The Morgan fingerprint density at radius 3 is 2.24 bits per heavy atom. The van der Waals surface area contributed by atoms with Crippen LogP contribution in [0.1, 0.15) is 40.5 Å². The molecule has 0 aromatic heterocycles. The van der Waals surface area contributed by atoms with Crippen molar-refractivity contribution in [3.8, 4) is 0 Å². The number of piperazine rings is 1. The van der Waals surface area contributed by atoms with Crippen LogP contribution in [0.4, 0.5) is 0 Å². The van der Waals surface area contributed by atoms with Crippen molar-refractivity contribution in [3.63, 3.8) is 0 Å². The summed E-state index contributed by atoms with van der Waals surface area (Å²) in [5.74, 6) is 0. The maximum atomic E-state index is 5.77. The summed E-state index contributed by atoms with van der Waals surface area (Å²) in [6.45, 7) is 16.1. The first-order valence-electron chi connectivity index (χ1n) is 7.15. The molecule has 0 aromatic rings. The monoisotopic (exact) mass is 241 g/mol. The fraction of sp³-hybridized carbons (Fsp3) is 1.00. The first-order chi connectivity index (χ1) is 7.98. The summed E-state index contributed by atoms with van der Waals surface area (Å²) in [7, 11) is 0. The second-order valence-corrected chi connectivity index (χ2v) is 6.25. The van der Waals surface area contributed by atoms with E-state index in [4.69, 9.17) is 5.73 Å². The van der Waals surface area contributed by atoms with E-state index in [-0.39, 0.29) is 0 Å². The van der Waals surface area contributed by atoms with E-state index in [2.05, 4.69) is 37.5 Å². The molecule has 1 aliphatic heterocycles. The molecule has 2 N–H and O–H groups in total. The van der Waals surface area contributed by atoms with Crippen LogP contribution in [0.2, 0.25) is 0 Å². The minimum Gasteiger partial charge on any atom is -0.330 e. The van der Waals surface area contributed by atoms with Gasteiger partial charge in [0.2, 0.25) is 0 Å². The molecule has 1 atom stereocenters. The molecule has 17 heavy (non-hydrogen) atoms. The van der Waals surface area contributed by atoms with Gasteiger partial charge in [-0.3, -0.25) is 4.90 Å². The molecule has 0 radical (unpaired) electrons. The second-order valence-electron chi connectivity index (χ2n) is 6.25. The van der Waals surface area contributed by atoms with Gasteiger partial charge in [-0.05, 0) is 38.3 Å². The molecule has 1 unspecified atom stereocenters. The van der Waals surface area contributed by atoms with E-state index in [1.54, 1.807) is 0 Å². The summed E-state index contributed by atoms with van der Waals surface area (Å²) in [5.41, 5.74) is 6.07. The van der Waals surface area contributed by atoms with Crippen LogP contribution in [0.25, 0.3) is 0 Å². The predicted molar refractivity (Wildman–Crippen MR) is 75.2 cm³/mol. The standard InChI is InChI=1S/C14H31N3/c1-5-13(2)17-10-8-16(9-11-17)7-6-14(3,4)12-15/h13H,5-12,15H2,1-4H3. The van der Waals surface area contributed by atoms with Crippen molar-refractivity contribution >= 4 is 0 Å². The van der Waals surface area contributed by atoms with Crippen LogP contribution < -0.4 is 5.73 Å². The van der Waals surface area contributed by atoms with Crippen LogP contribution >= 0.6 is 0 Å². The minimum absolute atomic E-state index is 0.299. The predicted octanol–water partition coefficient (Wildman–Crippen LogP) is 1.78. The maximum Gasteiger partial charge on any atom is 0.0113 e. The molecule has 1 rings (SSSR count). The fourth-order valence-electron chi connectivity index (χ4n) is 2.25. The molecule has 0 aromatic carbocycles. The average molecular weight is 241 g/mol. The van der Waals surface area contributed by atoms with Gasteiger partial charge in [0.1, 0.15) is 0 Å². The van der Waals surface area contributed by atoms with Gasteiger partial charge in [-0.2, -0.15) is 0 Å². The summed E-state index contributed by atoms with van der Waals surface area (Å²) < 4.78 is 0. The Kier molecular flexibility index (Phi) is 5.90. The topological polar surface area (TPSA) is 32.5 Å². The van der Waals surface area contributed by atoms with Crippen molar-refractivity contribution in [2.45, 2.75) is 46.6 Å². The lowest BCUT2D eigenvalue weighted by atomic mass is 9.89. The fourth-order valence-corrected chi connectivity index (χ4v) is 2.25. The Morgan fingerprint density at radius 1 is 1.18 bits per heavy atom. The lowest BCUT2D eigenvalue weighted by molar-refractivity contribution is 0.0923. The van der Waals surface area contributed by atoms with Crippen LogP contribution in [-0.4, -0.2) is 55.1 Å². The summed E-state index contributed by atoms with van der Waals surface area (Å²) in [4.78, 5) is 5.21. The van der Waals surface area contributed by atoms with Crippen LogP contribution in [0.3, 0.4) is 0 Å². The van der Waals surface area contributed by atoms with Crippen molar-refractivity contribution in [2.75, 3.05) is 39.3 Å². The Hall–Kier alpha value is -0.120. The Balaban J connectivity index is 2.23. The molecule has 1 saturated heterocycles. The minimum atomic E-state index is 0.299. The highest BCUT2D eigenvalue weighted by Crippen LogP contribution is 2.19. The molecule has 0 saturated carbocycles. The van der Waals surface area contributed by atoms with Crippen molar-refractivity contribution in [2.24, 2.45) is 11.1 Å². The third-order valence-corrected chi connectivity index (χ3v) is 4.28. The van der Waals surface area contributed by atoms with Gasteiger partial charge in [0, 0.05) is 32.2 Å². The van der Waals surface area contributed by atoms with Crippen LogP contribution in [0.5, 0.6) is 0 Å². The summed E-state index contributed by atoms with van der Waals surface area (Å²) in [6, 6.07) is 0.748. The molecule has 1 fully saturated rings. The van der Waals surface area contributed by atoms with Crippen LogP contribution in [0, 0.1) is 5.41 Å². The first-order valence-corrected chi connectivity index (χ1v) is 7.15. The van der Waals surface area contributed by atoms with E-state index in [0.717, 1.165) is 12.6 Å². The molecule has 0 aliphatic carbocycles. The summed E-state index contributed by atoms with van der Waals surface area (Å²) in [6.07, 6.45) is 2.48. The molecule has 3 nitrogen and oxygen atoms in total. The molecule has 102 valence electrons. The normalized spacial score (nSPS) is 21.7. The first kappa shape index (κ1) is 14.9. The molecule has 0 bridgehead atoms. The maximum absolute atomic E-state index is 5.77. The number of nitrogens with two attached hydrogens (primary N) is 1. The highest BCUT2D eigenvalue weighted by atomic mass is 15.3. The molecular weight excluding hydrogens is 210 g/mol. The zero-order valence-electron chi connectivity index (χ0n) is 12.2. The van der Waals surface area contributed by atoms with Crippen LogP contribution in [0.15, 0.2) is 0 Å². The van der Waals surface area contributed by atoms with Gasteiger partial charge in [0.05, 0.1) is 0 Å². The highest BCUT2D eigenvalue weighted by molar-refractivity contribution is 4.78. The molecule has 3 heteroatoms. The van der Waals surface area contributed by atoms with Crippen LogP contribution in [-0.2, 0) is 0 Å². The van der Waals surface area contributed by atoms with Gasteiger partial charge in [0.15, 0.2) is 0 Å². The van der Waals surface area contributed by atoms with Gasteiger partial charge < -0.3 is 10.6 Å². The largest absolute Gasteiger partial charge is 0.330 e. The van der Waals surface area contributed by atoms with Crippen molar-refractivity contribution in [1.29, 1.82) is 0 Å². The molecule has 0 amide bonds. The third kappa shape index (κ3) is 4.94. The number of rotatable bonds is 6. The zero-order valence-corrected chi connectivity index (χ0v) is 12.2. The van der Waals surface area contributed by atoms with E-state index in [1.165, 1.54) is 45.6 Å². The second kappa shape index (κ2) is 6.72. The highest BCUT2D eigenvalue weighted by Gasteiger charge is 2.22. The SMILES string of the molecule is CCC(C)N1CCN(CCC(C)(C)CN)CC1. The van der Waals surface area contributed by atoms with E-state index in [1.807, 2.05) is 0 Å². The van der Waals surface area contributed by atoms with Crippen molar-refractivity contribution < 1.29 is 0 Å². The van der Waals surface area contributed by atoms with E-state index in [0.29, 0.717) is 5.41 Å². The molecular formula is C14H31N3. The van der Waals surface area contributed by atoms with Gasteiger partial charge in [-0.15, -0.1) is 0 Å². The Labute approximate surface area is 107 Å². The van der Waals surface area contributed by atoms with E-state index >= 15 is 0 Å². The zero-order chi connectivity index (χ0) is 12.9. The van der Waals surface area contributed by atoms with Crippen molar-refractivity contribution in [3.05, 3.63) is 0 Å².